The molecule has 2 fully saturated rings. The van der Waals surface area contributed by atoms with Gasteiger partial charge in [-0.25, -0.2) is 0 Å². The van der Waals surface area contributed by atoms with E-state index in [4.69, 9.17) is 11.5 Å². The molecule has 2 aromatic rings. The number of primary amides is 1. The van der Waals surface area contributed by atoms with Crippen LogP contribution in [0.3, 0.4) is 0 Å². The third-order valence-electron chi connectivity index (χ3n) is 8.42. The molecule has 0 radical (unpaired) electrons. The van der Waals surface area contributed by atoms with Gasteiger partial charge in [0.2, 0.25) is 23.6 Å². The molecule has 42 heavy (non-hydrogen) atoms. The maximum atomic E-state index is 13.6. The highest BCUT2D eigenvalue weighted by Crippen LogP contribution is 2.28. The minimum Gasteiger partial charge on any atom is -0.508 e. The average Bonchev–Trinajstić information content (AvgIpc) is 3.48. The van der Waals surface area contributed by atoms with Crippen LogP contribution >= 0.6 is 0 Å². The molecule has 1 saturated heterocycles. The van der Waals surface area contributed by atoms with Crippen molar-refractivity contribution >= 4 is 23.6 Å². The van der Waals surface area contributed by atoms with E-state index in [1.165, 1.54) is 4.90 Å². The van der Waals surface area contributed by atoms with Gasteiger partial charge >= 0.3 is 0 Å². The first kappa shape index (κ1) is 31.0. The Morgan fingerprint density at radius 3 is 2.17 bits per heavy atom. The summed E-state index contributed by atoms with van der Waals surface area (Å²) in [6.07, 6.45) is 7.35. The Labute approximate surface area is 247 Å². The number of rotatable bonds is 12. The lowest BCUT2D eigenvalue weighted by molar-refractivity contribution is -0.140. The van der Waals surface area contributed by atoms with Crippen LogP contribution in [0.25, 0.3) is 0 Å². The maximum Gasteiger partial charge on any atom is 0.243 e. The maximum absolute atomic E-state index is 13.6. The number of phenolic OH excluding ortho intramolecular Hbond substituents is 1. The van der Waals surface area contributed by atoms with Crippen molar-refractivity contribution in [2.45, 2.75) is 88.4 Å². The minimum atomic E-state index is -0.923. The van der Waals surface area contributed by atoms with Crippen LogP contribution in [0.15, 0.2) is 54.6 Å². The molecular formula is C32H43N5O5. The molecule has 1 aliphatic carbocycles. The van der Waals surface area contributed by atoms with Gasteiger partial charge in [0.15, 0.2) is 0 Å². The van der Waals surface area contributed by atoms with Gasteiger partial charge in [-0.05, 0) is 54.9 Å². The van der Waals surface area contributed by atoms with E-state index < -0.39 is 41.9 Å². The SMILES string of the molecule is NC(=O)[C@H](Cc1ccccc1)NC(=O)[C@H](CC1CCCCC1)NC(=O)[C@@H]1CCCN1C(=O)[C@@H](N)Cc1ccc(O)cc1. The van der Waals surface area contributed by atoms with Gasteiger partial charge in [-0.2, -0.15) is 0 Å². The number of nitrogens with one attached hydrogen (secondary N) is 2. The number of hydrogen-bond acceptors (Lipinski definition) is 6. The van der Waals surface area contributed by atoms with E-state index in [9.17, 15) is 24.3 Å². The molecule has 226 valence electrons. The van der Waals surface area contributed by atoms with Crippen molar-refractivity contribution in [1.82, 2.24) is 15.5 Å². The van der Waals surface area contributed by atoms with Crippen LogP contribution in [0, 0.1) is 5.92 Å². The number of nitrogens with zero attached hydrogens (tertiary/aromatic N) is 1. The molecule has 2 aromatic carbocycles. The number of likely N-dealkylation sites (tertiary alicyclic amines) is 1. The summed E-state index contributed by atoms with van der Waals surface area (Å²) in [4.78, 5) is 54.3. The van der Waals surface area contributed by atoms with Crippen molar-refractivity contribution in [3.8, 4) is 5.75 Å². The van der Waals surface area contributed by atoms with E-state index in [2.05, 4.69) is 10.6 Å². The molecule has 0 bridgehead atoms. The van der Waals surface area contributed by atoms with Crippen LogP contribution < -0.4 is 22.1 Å². The van der Waals surface area contributed by atoms with E-state index in [-0.39, 0.29) is 30.4 Å². The van der Waals surface area contributed by atoms with Gasteiger partial charge in [-0.1, -0.05) is 74.6 Å². The summed E-state index contributed by atoms with van der Waals surface area (Å²) in [6, 6.07) is 12.4. The summed E-state index contributed by atoms with van der Waals surface area (Å²) in [6.45, 7) is 0.403. The van der Waals surface area contributed by atoms with Crippen molar-refractivity contribution in [2.24, 2.45) is 17.4 Å². The van der Waals surface area contributed by atoms with E-state index in [1.54, 1.807) is 24.3 Å². The molecule has 1 aliphatic heterocycles. The van der Waals surface area contributed by atoms with Gasteiger partial charge in [0, 0.05) is 13.0 Å². The van der Waals surface area contributed by atoms with E-state index >= 15 is 0 Å². The zero-order valence-electron chi connectivity index (χ0n) is 24.0. The number of carbonyl (C=O) groups is 4. The Kier molecular flexibility index (Phi) is 10.9. The van der Waals surface area contributed by atoms with Gasteiger partial charge in [-0.3, -0.25) is 19.2 Å². The molecule has 10 nitrogen and oxygen atoms in total. The number of carbonyl (C=O) groups excluding carboxylic acids is 4. The summed E-state index contributed by atoms with van der Waals surface area (Å²) in [7, 11) is 0. The van der Waals surface area contributed by atoms with E-state index in [0.717, 1.165) is 43.2 Å². The predicted molar refractivity (Wildman–Crippen MR) is 159 cm³/mol. The average molecular weight is 578 g/mol. The molecule has 7 N–H and O–H groups in total. The highest BCUT2D eigenvalue weighted by Gasteiger charge is 2.38. The van der Waals surface area contributed by atoms with Crippen molar-refractivity contribution in [1.29, 1.82) is 0 Å². The fourth-order valence-electron chi connectivity index (χ4n) is 6.09. The minimum absolute atomic E-state index is 0.129. The third kappa shape index (κ3) is 8.55. The van der Waals surface area contributed by atoms with Crippen molar-refractivity contribution < 1.29 is 24.3 Å². The standard InChI is InChI=1S/C32H43N5O5/c33-25(18-23-13-15-24(38)16-14-23)32(42)37-17-7-12-28(37)31(41)36-27(20-22-10-5-2-6-11-22)30(40)35-26(29(34)39)19-21-8-3-1-4-9-21/h1,3-4,8-9,13-16,22,25-28,38H,2,5-7,10-12,17-20,33H2,(H2,34,39)(H,35,40)(H,36,41)/t25-,26-,27-,28-/m0/s1. The summed E-state index contributed by atoms with van der Waals surface area (Å²) in [5.74, 6) is -1.42. The van der Waals surface area contributed by atoms with Gasteiger partial charge < -0.3 is 32.1 Å². The molecule has 0 aromatic heterocycles. The number of benzene rings is 2. The Balaban J connectivity index is 1.44. The zero-order valence-corrected chi connectivity index (χ0v) is 24.0. The predicted octanol–water partition coefficient (Wildman–Crippen LogP) is 1.92. The summed E-state index contributed by atoms with van der Waals surface area (Å²) in [5, 5.41) is 15.2. The smallest absolute Gasteiger partial charge is 0.243 e. The molecule has 0 spiro atoms. The van der Waals surface area contributed by atoms with Crippen molar-refractivity contribution in [2.75, 3.05) is 6.54 Å². The Morgan fingerprint density at radius 1 is 0.833 bits per heavy atom. The molecular weight excluding hydrogens is 534 g/mol. The largest absolute Gasteiger partial charge is 0.508 e. The lowest BCUT2D eigenvalue weighted by Crippen LogP contribution is -2.57. The van der Waals surface area contributed by atoms with Crippen LogP contribution in [0.4, 0.5) is 0 Å². The lowest BCUT2D eigenvalue weighted by Gasteiger charge is -2.31. The fraction of sp³-hybridized carbons (Fsp3) is 0.500. The molecule has 1 heterocycles. The molecule has 1 saturated carbocycles. The fourth-order valence-corrected chi connectivity index (χ4v) is 6.09. The van der Waals surface area contributed by atoms with E-state index in [1.807, 2.05) is 30.3 Å². The summed E-state index contributed by atoms with van der Waals surface area (Å²) >= 11 is 0. The third-order valence-corrected chi connectivity index (χ3v) is 8.42. The van der Waals surface area contributed by atoms with Gasteiger partial charge in [0.1, 0.15) is 23.9 Å². The quantitative estimate of drug-likeness (QED) is 0.258. The highest BCUT2D eigenvalue weighted by atomic mass is 16.3. The summed E-state index contributed by atoms with van der Waals surface area (Å²) < 4.78 is 0. The monoisotopic (exact) mass is 577 g/mol. The Bertz CT molecular complexity index is 1220. The highest BCUT2D eigenvalue weighted by molar-refractivity contribution is 5.95. The number of aromatic hydroxyl groups is 1. The number of amides is 4. The lowest BCUT2D eigenvalue weighted by atomic mass is 9.84. The van der Waals surface area contributed by atoms with E-state index in [0.29, 0.717) is 25.8 Å². The molecule has 10 heteroatoms. The van der Waals surface area contributed by atoms with Crippen LogP contribution in [-0.2, 0) is 32.0 Å². The van der Waals surface area contributed by atoms with Crippen LogP contribution in [-0.4, -0.2) is 64.3 Å². The second-order valence-electron chi connectivity index (χ2n) is 11.6. The topological polar surface area (TPSA) is 168 Å². The Morgan fingerprint density at radius 2 is 1.50 bits per heavy atom. The first-order valence-electron chi connectivity index (χ1n) is 15.0. The van der Waals surface area contributed by atoms with Crippen molar-refractivity contribution in [3.63, 3.8) is 0 Å². The second kappa shape index (κ2) is 14.8. The van der Waals surface area contributed by atoms with Gasteiger partial charge in [0.05, 0.1) is 6.04 Å². The number of hydrogen-bond donors (Lipinski definition) is 5. The normalized spacial score (nSPS) is 19.5. The number of nitrogens with two attached hydrogens (primary N) is 2. The second-order valence-corrected chi connectivity index (χ2v) is 11.6. The first-order chi connectivity index (χ1) is 20.2. The molecule has 4 atom stereocenters. The molecule has 4 amide bonds. The molecule has 2 aliphatic rings. The van der Waals surface area contributed by atoms with Crippen molar-refractivity contribution in [3.05, 3.63) is 65.7 Å². The van der Waals surface area contributed by atoms with Crippen LogP contribution in [0.5, 0.6) is 5.75 Å². The first-order valence-corrected chi connectivity index (χ1v) is 15.0. The number of phenols is 1. The van der Waals surface area contributed by atoms with Gasteiger partial charge in [-0.15, -0.1) is 0 Å². The summed E-state index contributed by atoms with van der Waals surface area (Å²) in [5.41, 5.74) is 13.6. The molecule has 0 unspecified atom stereocenters. The Hall–Kier alpha value is -3.92. The van der Waals surface area contributed by atoms with Crippen LogP contribution in [0.2, 0.25) is 0 Å². The molecule has 4 rings (SSSR count). The van der Waals surface area contributed by atoms with Crippen LogP contribution in [0.1, 0.15) is 62.5 Å². The zero-order chi connectivity index (χ0) is 30.1. The van der Waals surface area contributed by atoms with Gasteiger partial charge in [0.25, 0.3) is 0 Å².